The van der Waals surface area contributed by atoms with Crippen molar-refractivity contribution in [2.45, 2.75) is 38.8 Å². The lowest BCUT2D eigenvalue weighted by Gasteiger charge is -2.34. The number of ether oxygens (including phenoxy) is 2. The number of methoxy groups -OCH3 is 1. The van der Waals surface area contributed by atoms with E-state index in [0.29, 0.717) is 28.6 Å². The van der Waals surface area contributed by atoms with Crippen LogP contribution in [0.2, 0.25) is 0 Å². The molecule has 0 saturated carbocycles. The molecule has 4 aromatic rings. The fourth-order valence-electron chi connectivity index (χ4n) is 6.33. The number of nitrogens with zero attached hydrogens (tertiary/aromatic N) is 7. The average molecular weight is 604 g/mol. The molecule has 0 radical (unpaired) electrons. The first-order valence-corrected chi connectivity index (χ1v) is 15.0. The highest BCUT2D eigenvalue weighted by molar-refractivity contribution is 5.87. The van der Waals surface area contributed by atoms with E-state index in [1.807, 2.05) is 17.2 Å². The lowest BCUT2D eigenvalue weighted by Crippen LogP contribution is -2.41. The van der Waals surface area contributed by atoms with Crippen molar-refractivity contribution in [2.24, 2.45) is 5.92 Å². The topological polar surface area (TPSA) is 110 Å². The lowest BCUT2D eigenvalue weighted by molar-refractivity contribution is -0.127. The number of aliphatic hydroxyl groups is 1. The molecule has 44 heavy (non-hydrogen) atoms. The van der Waals surface area contributed by atoms with Gasteiger partial charge in [-0.1, -0.05) is 6.58 Å². The molecular weight excluding hydrogens is 565 g/mol. The Morgan fingerprint density at radius 3 is 2.70 bits per heavy atom. The number of aliphatic hydroxyl groups excluding tert-OH is 1. The van der Waals surface area contributed by atoms with Gasteiger partial charge in [-0.25, -0.2) is 8.91 Å². The minimum atomic E-state index is -0.824. The molecule has 1 N–H and O–H groups in total. The van der Waals surface area contributed by atoms with Gasteiger partial charge in [-0.05, 0) is 55.5 Å². The normalized spacial score (nSPS) is 16.9. The summed E-state index contributed by atoms with van der Waals surface area (Å²) in [4.78, 5) is 20.5. The molecule has 1 saturated heterocycles. The Bertz CT molecular complexity index is 1640. The maximum absolute atomic E-state index is 13.5. The van der Waals surface area contributed by atoms with Gasteiger partial charge in [-0.15, -0.1) is 0 Å². The molecule has 12 heteroatoms. The second-order valence-corrected chi connectivity index (χ2v) is 11.5. The molecule has 4 aromatic heterocycles. The van der Waals surface area contributed by atoms with Crippen LogP contribution in [0.3, 0.4) is 0 Å². The van der Waals surface area contributed by atoms with Crippen molar-refractivity contribution in [3.8, 4) is 22.8 Å². The smallest absolute Gasteiger partial charge is 0.245 e. The summed E-state index contributed by atoms with van der Waals surface area (Å²) >= 11 is 0. The molecule has 6 rings (SSSR count). The Kier molecular flexibility index (Phi) is 8.62. The number of likely N-dealkylation sites (tertiary alicyclic amines) is 1. The number of rotatable bonds is 9. The van der Waals surface area contributed by atoms with Gasteiger partial charge >= 0.3 is 0 Å². The zero-order chi connectivity index (χ0) is 30.8. The van der Waals surface area contributed by atoms with Crippen LogP contribution >= 0.6 is 0 Å². The predicted octanol–water partition coefficient (Wildman–Crippen LogP) is 3.44. The molecule has 1 atom stereocenters. The second kappa shape index (κ2) is 12.7. The van der Waals surface area contributed by atoms with Gasteiger partial charge in [0.05, 0.1) is 44.0 Å². The van der Waals surface area contributed by atoms with E-state index in [-0.39, 0.29) is 12.5 Å². The summed E-state index contributed by atoms with van der Waals surface area (Å²) in [6.45, 7) is 10.6. The molecule has 0 aliphatic carbocycles. The summed E-state index contributed by atoms with van der Waals surface area (Å²) in [5.41, 5.74) is 4.98. The number of carbonyl (C=O) groups is 1. The van der Waals surface area contributed by atoms with Gasteiger partial charge in [0.25, 0.3) is 0 Å². The third kappa shape index (κ3) is 5.91. The molecule has 232 valence electrons. The highest BCUT2D eigenvalue weighted by atomic mass is 19.1. The van der Waals surface area contributed by atoms with Crippen LogP contribution in [0.15, 0.2) is 49.4 Å². The van der Waals surface area contributed by atoms with Gasteiger partial charge in [-0.2, -0.15) is 10.2 Å². The molecule has 1 unspecified atom stereocenters. The summed E-state index contributed by atoms with van der Waals surface area (Å²) in [6.07, 6.45) is 8.12. The van der Waals surface area contributed by atoms with Gasteiger partial charge in [-0.3, -0.25) is 14.5 Å². The molecule has 0 bridgehead atoms. The Morgan fingerprint density at radius 2 is 2.00 bits per heavy atom. The summed E-state index contributed by atoms with van der Waals surface area (Å²) in [6, 6.07) is 4.67. The van der Waals surface area contributed by atoms with Crippen molar-refractivity contribution < 1.29 is 23.8 Å². The number of fused-ring (bicyclic) bond motifs is 2. The van der Waals surface area contributed by atoms with Crippen molar-refractivity contribution in [1.82, 2.24) is 34.2 Å². The van der Waals surface area contributed by atoms with Crippen LogP contribution in [0, 0.1) is 18.7 Å². The summed E-state index contributed by atoms with van der Waals surface area (Å²) < 4.78 is 29.1. The molecule has 1 amide bonds. The standard InChI is InChI=1S/C32H38FN7O4/c1-4-30(42)38-11-7-22(8-12-38)18-37-10-9-26-21(2)31(36-39(26)14-13-37)23-15-27(32-28(43-3)17-35-40(32)19-23)44-29(20-41)25-6-5-24(33)16-34-25/h4-6,15-17,19,22,29,41H,1,7-14,18,20H2,2-3H3. The highest BCUT2D eigenvalue weighted by Crippen LogP contribution is 2.37. The summed E-state index contributed by atoms with van der Waals surface area (Å²) in [5.74, 6) is 1.10. The third-order valence-electron chi connectivity index (χ3n) is 8.78. The van der Waals surface area contributed by atoms with Crippen LogP contribution in [0.1, 0.15) is 35.9 Å². The first kappa shape index (κ1) is 29.8. The van der Waals surface area contributed by atoms with Crippen LogP contribution in [0.4, 0.5) is 4.39 Å². The van der Waals surface area contributed by atoms with Crippen molar-refractivity contribution >= 4 is 11.4 Å². The minimum Gasteiger partial charge on any atom is -0.493 e. The molecule has 0 spiro atoms. The van der Waals surface area contributed by atoms with E-state index in [1.165, 1.54) is 23.9 Å². The van der Waals surface area contributed by atoms with Crippen LogP contribution in [-0.2, 0) is 17.8 Å². The number of halogens is 1. The lowest BCUT2D eigenvalue weighted by atomic mass is 9.96. The van der Waals surface area contributed by atoms with Gasteiger partial charge in [0, 0.05) is 56.6 Å². The maximum Gasteiger partial charge on any atom is 0.245 e. The molecule has 11 nitrogen and oxygen atoms in total. The second-order valence-electron chi connectivity index (χ2n) is 11.5. The summed E-state index contributed by atoms with van der Waals surface area (Å²) in [7, 11) is 1.56. The number of aromatic nitrogens is 5. The van der Waals surface area contributed by atoms with E-state index >= 15 is 0 Å². The molecule has 6 heterocycles. The molecule has 0 aromatic carbocycles. The number of pyridine rings is 2. The number of amides is 1. The van der Waals surface area contributed by atoms with Crippen molar-refractivity contribution in [2.75, 3.05) is 46.4 Å². The summed E-state index contributed by atoms with van der Waals surface area (Å²) in [5, 5.41) is 19.7. The van der Waals surface area contributed by atoms with Crippen LogP contribution in [-0.4, -0.2) is 91.6 Å². The minimum absolute atomic E-state index is 0.0255. The number of hydrogen-bond donors (Lipinski definition) is 1. The largest absolute Gasteiger partial charge is 0.493 e. The van der Waals surface area contributed by atoms with E-state index < -0.39 is 11.9 Å². The Morgan fingerprint density at radius 1 is 1.18 bits per heavy atom. The van der Waals surface area contributed by atoms with E-state index in [9.17, 15) is 14.3 Å². The van der Waals surface area contributed by atoms with Gasteiger partial charge in [0.2, 0.25) is 5.91 Å². The maximum atomic E-state index is 13.5. The Balaban J connectivity index is 1.22. The zero-order valence-corrected chi connectivity index (χ0v) is 25.2. The van der Waals surface area contributed by atoms with Gasteiger partial charge < -0.3 is 24.4 Å². The Hall–Kier alpha value is -4.29. The van der Waals surface area contributed by atoms with Crippen molar-refractivity contribution in [1.29, 1.82) is 0 Å². The molecule has 2 aliphatic heterocycles. The van der Waals surface area contributed by atoms with Crippen molar-refractivity contribution in [3.63, 3.8) is 0 Å². The van der Waals surface area contributed by atoms with E-state index in [4.69, 9.17) is 14.6 Å². The van der Waals surface area contributed by atoms with Gasteiger partial charge in [0.1, 0.15) is 5.82 Å². The SMILES string of the molecule is C=CC(=O)N1CCC(CN2CCc3c(C)c(-c4cc(OC(CO)c5ccc(F)cn5)c5c(OC)cnn5c4)nn3CC2)CC1. The predicted molar refractivity (Wildman–Crippen MR) is 162 cm³/mol. The van der Waals surface area contributed by atoms with Crippen LogP contribution in [0.25, 0.3) is 16.8 Å². The number of hydrogen-bond acceptors (Lipinski definition) is 8. The third-order valence-corrected chi connectivity index (χ3v) is 8.78. The first-order valence-electron chi connectivity index (χ1n) is 15.0. The van der Waals surface area contributed by atoms with E-state index in [2.05, 4.69) is 33.2 Å². The fraction of sp³-hybridized carbons (Fsp3) is 0.438. The van der Waals surface area contributed by atoms with Crippen LogP contribution < -0.4 is 9.47 Å². The highest BCUT2D eigenvalue weighted by Gasteiger charge is 2.27. The molecular formula is C32H38FN7O4. The molecule has 2 aliphatic rings. The van der Waals surface area contributed by atoms with E-state index in [0.717, 1.165) is 81.5 Å². The Labute approximate surface area is 255 Å². The quantitative estimate of drug-likeness (QED) is 0.290. The molecule has 1 fully saturated rings. The van der Waals surface area contributed by atoms with Crippen molar-refractivity contribution in [3.05, 3.63) is 72.2 Å². The monoisotopic (exact) mass is 603 g/mol. The number of carbonyl (C=O) groups excluding carboxylic acids is 1. The van der Waals surface area contributed by atoms with Crippen LogP contribution in [0.5, 0.6) is 11.5 Å². The van der Waals surface area contributed by atoms with Gasteiger partial charge in [0.15, 0.2) is 23.1 Å². The number of piperidine rings is 1. The zero-order valence-electron chi connectivity index (χ0n) is 25.2. The van der Waals surface area contributed by atoms with E-state index in [1.54, 1.807) is 17.8 Å². The first-order chi connectivity index (χ1) is 21.4. The average Bonchev–Trinajstić information content (AvgIpc) is 3.54. The fourth-order valence-corrected chi connectivity index (χ4v) is 6.33.